The average molecular weight is 252 g/mol. The molecule has 0 spiro atoms. The van der Waals surface area contributed by atoms with Crippen molar-refractivity contribution < 1.29 is 13.2 Å². The second-order valence-electron chi connectivity index (χ2n) is 4.96. The highest BCUT2D eigenvalue weighted by atomic mass is 28.4. The zero-order chi connectivity index (χ0) is 12.6. The molecule has 0 aliphatic heterocycles. The average Bonchev–Trinajstić information content (AvgIpc) is 2.22. The van der Waals surface area contributed by atoms with Gasteiger partial charge in [-0.15, -0.1) is 0 Å². The second-order valence-corrected chi connectivity index (χ2v) is 9.39. The maximum absolute atomic E-state index is 13.6. The summed E-state index contributed by atoms with van der Waals surface area (Å²) in [5, 5.41) is 0.938. The van der Waals surface area contributed by atoms with Gasteiger partial charge in [0.05, 0.1) is 0 Å². The van der Waals surface area contributed by atoms with E-state index >= 15 is 0 Å². The van der Waals surface area contributed by atoms with Gasteiger partial charge in [-0.3, -0.25) is 0 Å². The van der Waals surface area contributed by atoms with Gasteiger partial charge in [0.15, 0.2) is 11.6 Å². The molecule has 0 aliphatic carbocycles. The van der Waals surface area contributed by atoms with Crippen LogP contribution in [0.2, 0.25) is 19.6 Å². The van der Waals surface area contributed by atoms with Gasteiger partial charge in [-0.2, -0.15) is 0 Å². The normalized spacial score (nSPS) is 11.8. The monoisotopic (exact) mass is 252 g/mol. The SMILES string of the molecule is C[Si](C)(C)Oc1ccc2ccc(F)c(F)c2c1. The fourth-order valence-corrected chi connectivity index (χ4v) is 2.49. The fraction of sp³-hybridized carbons (Fsp3) is 0.231. The standard InChI is InChI=1S/C13H14F2OSi/c1-17(2,3)16-10-6-4-9-5-7-12(14)13(15)11(9)8-10/h4-8H,1-3H3. The van der Waals surface area contributed by atoms with Crippen LogP contribution in [-0.2, 0) is 0 Å². The summed E-state index contributed by atoms with van der Waals surface area (Å²) in [4.78, 5) is 0. The van der Waals surface area contributed by atoms with Crippen LogP contribution in [0.5, 0.6) is 5.75 Å². The summed E-state index contributed by atoms with van der Waals surface area (Å²) in [7, 11) is -1.73. The summed E-state index contributed by atoms with van der Waals surface area (Å²) in [5.41, 5.74) is 0. The summed E-state index contributed by atoms with van der Waals surface area (Å²) in [5.74, 6) is -1.05. The molecular formula is C13H14F2OSi. The van der Waals surface area contributed by atoms with Gasteiger partial charge in [0.1, 0.15) is 5.75 Å². The van der Waals surface area contributed by atoms with Crippen LogP contribution >= 0.6 is 0 Å². The molecule has 0 bridgehead atoms. The van der Waals surface area contributed by atoms with E-state index in [1.165, 1.54) is 0 Å². The van der Waals surface area contributed by atoms with E-state index < -0.39 is 20.0 Å². The van der Waals surface area contributed by atoms with Crippen LogP contribution in [0.4, 0.5) is 8.78 Å². The first-order valence-corrected chi connectivity index (χ1v) is 8.84. The molecular weight excluding hydrogens is 238 g/mol. The molecule has 0 saturated heterocycles. The molecule has 0 fully saturated rings. The maximum Gasteiger partial charge on any atom is 0.242 e. The number of fused-ring (bicyclic) bond motifs is 1. The van der Waals surface area contributed by atoms with E-state index in [1.807, 2.05) is 19.6 Å². The van der Waals surface area contributed by atoms with E-state index in [4.69, 9.17) is 4.43 Å². The third kappa shape index (κ3) is 2.64. The van der Waals surface area contributed by atoms with Crippen molar-refractivity contribution in [2.45, 2.75) is 19.6 Å². The van der Waals surface area contributed by atoms with Crippen LogP contribution in [0, 0.1) is 11.6 Å². The Balaban J connectivity index is 2.53. The molecule has 0 atom stereocenters. The molecule has 0 saturated carbocycles. The Kier molecular flexibility index (Phi) is 2.91. The lowest BCUT2D eigenvalue weighted by Gasteiger charge is -2.19. The van der Waals surface area contributed by atoms with Crippen molar-refractivity contribution in [3.63, 3.8) is 0 Å². The lowest BCUT2D eigenvalue weighted by molar-refractivity contribution is 0.516. The Hall–Kier alpha value is -1.42. The van der Waals surface area contributed by atoms with Crippen molar-refractivity contribution in [3.8, 4) is 5.75 Å². The van der Waals surface area contributed by atoms with Crippen LogP contribution in [0.25, 0.3) is 10.8 Å². The van der Waals surface area contributed by atoms with E-state index in [2.05, 4.69) is 0 Å². The Morgan fingerprint density at radius 1 is 1.00 bits per heavy atom. The summed E-state index contributed by atoms with van der Waals surface area (Å²) in [6.07, 6.45) is 0. The highest BCUT2D eigenvalue weighted by molar-refractivity contribution is 6.70. The molecule has 0 amide bonds. The third-order valence-corrected chi connectivity index (χ3v) is 3.15. The van der Waals surface area contributed by atoms with Crippen molar-refractivity contribution >= 4 is 19.1 Å². The van der Waals surface area contributed by atoms with E-state index in [9.17, 15) is 8.78 Å². The number of rotatable bonds is 2. The Morgan fingerprint density at radius 3 is 2.29 bits per heavy atom. The lowest BCUT2D eigenvalue weighted by Crippen LogP contribution is -2.29. The molecule has 0 heterocycles. The van der Waals surface area contributed by atoms with E-state index in [0.29, 0.717) is 11.1 Å². The largest absolute Gasteiger partial charge is 0.544 e. The molecule has 0 N–H and O–H groups in total. The minimum absolute atomic E-state index is 0.265. The number of benzene rings is 2. The van der Waals surface area contributed by atoms with Crippen LogP contribution in [0.1, 0.15) is 0 Å². The molecule has 0 aromatic heterocycles. The quantitative estimate of drug-likeness (QED) is 0.723. The van der Waals surface area contributed by atoms with Crippen molar-refractivity contribution in [1.29, 1.82) is 0 Å². The number of halogens is 2. The first-order valence-electron chi connectivity index (χ1n) is 5.43. The topological polar surface area (TPSA) is 9.23 Å². The van der Waals surface area contributed by atoms with Gasteiger partial charge >= 0.3 is 0 Å². The van der Waals surface area contributed by atoms with E-state index in [-0.39, 0.29) is 5.39 Å². The zero-order valence-corrected chi connectivity index (χ0v) is 11.1. The number of hydrogen-bond acceptors (Lipinski definition) is 1. The minimum atomic E-state index is -1.73. The molecule has 0 aliphatic rings. The summed E-state index contributed by atoms with van der Waals surface area (Å²) in [6.45, 7) is 6.12. The molecule has 2 rings (SSSR count). The van der Waals surface area contributed by atoms with Gasteiger partial charge in [0.25, 0.3) is 0 Å². The minimum Gasteiger partial charge on any atom is -0.544 e. The Labute approximate surface area is 100 Å². The lowest BCUT2D eigenvalue weighted by atomic mass is 10.1. The summed E-state index contributed by atoms with van der Waals surface area (Å²) < 4.78 is 32.5. The van der Waals surface area contributed by atoms with Gasteiger partial charge < -0.3 is 4.43 Å². The van der Waals surface area contributed by atoms with Crippen LogP contribution in [-0.4, -0.2) is 8.32 Å². The van der Waals surface area contributed by atoms with E-state index in [1.54, 1.807) is 24.3 Å². The van der Waals surface area contributed by atoms with Gasteiger partial charge in [-0.1, -0.05) is 12.1 Å². The molecule has 4 heteroatoms. The molecule has 17 heavy (non-hydrogen) atoms. The van der Waals surface area contributed by atoms with Crippen LogP contribution in [0.3, 0.4) is 0 Å². The maximum atomic E-state index is 13.6. The molecule has 90 valence electrons. The van der Waals surface area contributed by atoms with Gasteiger partial charge in [0.2, 0.25) is 8.32 Å². The third-order valence-electron chi connectivity index (χ3n) is 2.30. The highest BCUT2D eigenvalue weighted by Gasteiger charge is 2.17. The Bertz CT molecular complexity index is 561. The smallest absolute Gasteiger partial charge is 0.242 e. The predicted molar refractivity (Wildman–Crippen MR) is 67.8 cm³/mol. The van der Waals surface area contributed by atoms with Gasteiger partial charge in [-0.05, 0) is 43.2 Å². The fourth-order valence-electron chi connectivity index (χ4n) is 1.65. The van der Waals surface area contributed by atoms with Crippen molar-refractivity contribution in [1.82, 2.24) is 0 Å². The first-order chi connectivity index (χ1) is 7.87. The number of hydrogen-bond donors (Lipinski definition) is 0. The van der Waals surface area contributed by atoms with Crippen molar-refractivity contribution in [3.05, 3.63) is 42.0 Å². The highest BCUT2D eigenvalue weighted by Crippen LogP contribution is 2.26. The van der Waals surface area contributed by atoms with Crippen LogP contribution in [0.15, 0.2) is 30.3 Å². The summed E-state index contributed by atoms with van der Waals surface area (Å²) >= 11 is 0. The van der Waals surface area contributed by atoms with Crippen molar-refractivity contribution in [2.24, 2.45) is 0 Å². The predicted octanol–water partition coefficient (Wildman–Crippen LogP) is 4.33. The van der Waals surface area contributed by atoms with Gasteiger partial charge in [0, 0.05) is 5.39 Å². The van der Waals surface area contributed by atoms with Gasteiger partial charge in [-0.25, -0.2) is 8.78 Å². The van der Waals surface area contributed by atoms with Crippen molar-refractivity contribution in [2.75, 3.05) is 0 Å². The Morgan fingerprint density at radius 2 is 1.65 bits per heavy atom. The molecule has 0 unspecified atom stereocenters. The molecule has 0 radical (unpaired) electrons. The zero-order valence-electron chi connectivity index (χ0n) is 10.1. The molecule has 1 nitrogen and oxygen atoms in total. The molecule has 2 aromatic carbocycles. The van der Waals surface area contributed by atoms with Crippen LogP contribution < -0.4 is 4.43 Å². The first kappa shape index (κ1) is 12.0. The molecule has 2 aromatic rings. The van der Waals surface area contributed by atoms with E-state index in [0.717, 1.165) is 6.07 Å². The summed E-state index contributed by atoms with van der Waals surface area (Å²) in [6, 6.07) is 7.79. The second kappa shape index (κ2) is 4.11.